The Hall–Kier alpha value is 0. The molecule has 85 aliphatic carbocycles. The molecule has 123 heavy (non-hydrogen) atoms. The Balaban J connectivity index is 0.520. The van der Waals surface area contributed by atoms with Crippen LogP contribution in [-0.2, 0) is 0 Å². The number of rotatable bonds is 0. The van der Waals surface area contributed by atoms with Crippen LogP contribution in [0, 0.1) is 638 Å². The Kier molecular flexibility index (Phi) is 2.24. The zero-order valence-corrected chi connectivity index (χ0v) is 69.4. The van der Waals surface area contributed by atoms with Gasteiger partial charge in [-0.1, -0.05) is 41.5 Å². The Bertz CT molecular complexity index is 9510. The molecule has 0 amide bonds. The van der Waals surface area contributed by atoms with Crippen LogP contribution in [0.3, 0.4) is 0 Å². The molecule has 85 saturated carbocycles. The van der Waals surface area contributed by atoms with Gasteiger partial charge < -0.3 is 0 Å². The molecule has 570 valence electrons. The van der Waals surface area contributed by atoms with E-state index in [0.717, 1.165) is 330 Å². The third-order valence-electron chi connectivity index (χ3n) is 108. The molecule has 0 aliphatic heterocycles. The summed E-state index contributed by atoms with van der Waals surface area (Å²) in [6.07, 6.45) is 7.95. The average Bonchev–Trinajstić information content (AvgIpc) is 1.09. The van der Waals surface area contributed by atoms with Crippen LogP contribution in [0.2, 0.25) is 0 Å². The molecule has 0 heteroatoms. The SMILES string of the molecule is CC12C3C4C5C6C7C8C9C%10C%11C%12C%13C%14C%15C%16C%17CC%18C%19C%20C%21CC%22C%23C%24C%25C%26C%27C%28C%29CC(C%30C%31C%32C%33CC%11C%33%10C9%32C8(C)C7%31C6(C)C5%30C41C)C21C3C2C1(C)C%29(C)C%282C%271C2C3C4C5C6C7C8C9C%10C%12C%13%11C%14%12C%15%13C%16%14C%17C%15C%18%16C%17C%18C%19%27C%19C%28C%29C%20%30C%21%22C%23%20C%24%21C%25%22C%261C21C32C43C54C65C76C87C98C%10%11C%129C%13%10C%15%14C%16%11C%17%12C%18%13C%27%14C%19%15C%28%16C%29%17C%30%20C%21%18C%221C21C%17%18C%162C31C41C%152C%142C51C61C73C89C%11%10C%123C%1312. The predicted molar refractivity (Wildman–Crippen MR) is 398 cm³/mol. The van der Waals surface area contributed by atoms with Crippen LogP contribution in [0.1, 0.15) is 67.2 Å². The molecule has 113 unspecified atom stereocenters. The van der Waals surface area contributed by atoms with Gasteiger partial charge in [-0.2, -0.15) is 0 Å². The van der Waals surface area contributed by atoms with Gasteiger partial charge in [0, 0.05) is 0 Å². The molecule has 0 aromatic heterocycles. The first-order valence-corrected chi connectivity index (χ1v) is 60.5. The first-order valence-electron chi connectivity index (χ1n) is 60.5. The highest BCUT2D eigenvalue weighted by atomic mass is 15.8. The number of hydrogen-bond donors (Lipinski definition) is 0. The largest absolute Gasteiger partial charge is 0.0582 e. The second-order valence-corrected chi connectivity index (χ2v) is 80.2. The van der Waals surface area contributed by atoms with Crippen molar-refractivity contribution in [1.82, 2.24) is 0 Å². The molecule has 0 heterocycles. The molecule has 113 atom stereocenters. The molecule has 0 bridgehead atoms. The Morgan fingerprint density at radius 2 is 0.553 bits per heavy atom. The van der Waals surface area contributed by atoms with E-state index in [4.69, 9.17) is 0 Å². The zero-order valence-electron chi connectivity index (χ0n) is 69.4. The fraction of sp³-hybridized carbons (Fsp3) is 1.00. The van der Waals surface area contributed by atoms with E-state index < -0.39 is 0 Å². The first-order chi connectivity index (χ1) is 60.5. The fourth-order valence-electron chi connectivity index (χ4n) is 137. The third kappa shape index (κ3) is 0.957. The lowest BCUT2D eigenvalue weighted by molar-refractivity contribution is -1.08. The van der Waals surface area contributed by atoms with Gasteiger partial charge in [0.15, 0.2) is 0 Å². The van der Waals surface area contributed by atoms with Crippen LogP contribution in [0.25, 0.3) is 0 Å². The second-order valence-electron chi connectivity index (χ2n) is 80.2. The summed E-state index contributed by atoms with van der Waals surface area (Å²) < 4.78 is 0. The van der Waals surface area contributed by atoms with E-state index >= 15 is 0 Å². The minimum atomic E-state index is 0.725. The average molecular weight is 1560 g/mol. The Morgan fingerprint density at radius 3 is 1.33 bits per heavy atom. The lowest BCUT2D eigenvalue weighted by Gasteiger charge is -3.76. The molecule has 85 fully saturated rings. The van der Waals surface area contributed by atoms with Crippen molar-refractivity contribution in [1.29, 1.82) is 0 Å². The quantitative estimate of drug-likeness (QED) is 0.227. The first kappa shape index (κ1) is 42.7. The molecule has 0 nitrogen and oxygen atoms in total. The van der Waals surface area contributed by atoms with E-state index in [0.29, 0.717) is 0 Å². The Morgan fingerprint density at radius 1 is 0.130 bits per heavy atom. The third-order valence-corrected chi connectivity index (χ3v) is 108. The van der Waals surface area contributed by atoms with E-state index in [2.05, 4.69) is 48.0 Å². The van der Waals surface area contributed by atoms with E-state index in [1.807, 2.05) is 19.3 Å². The van der Waals surface area contributed by atoms with Gasteiger partial charge in [-0.25, -0.2) is 0 Å². The zero-order chi connectivity index (χ0) is 69.4. The highest BCUT2D eigenvalue weighted by Crippen LogP contribution is 3.87. The monoisotopic (exact) mass is 1550 g/mol. The smallest absolute Gasteiger partial charge is 0.0000914 e. The van der Waals surface area contributed by atoms with Crippen molar-refractivity contribution in [3.05, 3.63) is 103 Å². The summed E-state index contributed by atoms with van der Waals surface area (Å²) in [4.78, 5) is 0. The molecular weight excluding hydrogens is 1480 g/mol. The van der Waals surface area contributed by atoms with Crippen molar-refractivity contribution in [3.8, 4) is 0 Å². The predicted octanol–water partition coefficient (Wildman–Crippen LogP) is 12.6. The van der Waals surface area contributed by atoms with Gasteiger partial charge in [-0.3, -0.25) is 0 Å². The molecule has 0 aromatic rings. The highest BCUT2D eigenvalue weighted by Gasteiger charge is 3.83. The number of hydrogen-bond acceptors (Lipinski definition) is 0. The summed E-state index contributed by atoms with van der Waals surface area (Å²) in [7, 11) is 0. The normalized spacial score (nSPS) is 142. The van der Waals surface area contributed by atoms with Crippen LogP contribution in [0.15, 0.2) is 0 Å². The van der Waals surface area contributed by atoms with Gasteiger partial charge in [-0.15, -0.1) is 0 Å². The molecule has 0 aromatic carbocycles. The topological polar surface area (TPSA) is 0 Å². The van der Waals surface area contributed by atoms with Gasteiger partial charge in [0.05, 0.1) is 0 Å². The lowest BCUT2D eigenvalue weighted by Crippen LogP contribution is -3.72. The molecular formula is C123H78. The summed E-state index contributed by atoms with van der Waals surface area (Å²) in [5, 5.41) is 0. The Labute approximate surface area is 700 Å². The fourth-order valence-corrected chi connectivity index (χ4v) is 137. The molecule has 85 rings (SSSR count). The standard InChI is InChI=1S/C123H78/c1-63-13-9-17-27-36-25-15-8-12-19-20-30-43-41-21-11-7-14-23-26-16-10-18-28-42-46-45-37-24(13)79(63,56-53-33-32-39-35-40-34-38-29(19)69(12,15)76(25,38)67(34,5)75(36,40)66(35,4)74(27,39)65(32,3)64(33,2)73(17,53)68(56,63)6)80(37)59-54-52-51-50-49-48-47-44-31(20)78(30)85(43)84(41)77(21)22(11)57-70(14)61-62-71(23)58-55-60-81(26)72(16,18)83(28)88(42)87(46)82(45,80)98(59)95(54)94(52)92(51)93(50)91(49)90(48)89(47)86(44,78)106(85)107(84)97(57,77)103(70)101(61)102(62)104(71)99(58)96(55)100(60)105(81,83)109(88)108(87,98)110(95)112(94)114(92)117(93)115(91)113(90)111(89,106)122(103,107)120(101,113)121(102,115)123(104,117)119(99,114)116(96,112)118(100,109)110/h11-62H,7-10H2,1-6H3. The van der Waals surface area contributed by atoms with E-state index in [-0.39, 0.29) is 0 Å². The summed E-state index contributed by atoms with van der Waals surface area (Å²) in [5.74, 6) is 71.5. The van der Waals surface area contributed by atoms with Crippen LogP contribution in [0.5, 0.6) is 0 Å². The van der Waals surface area contributed by atoms with Crippen molar-refractivity contribution in [2.24, 2.45) is 535 Å². The van der Waals surface area contributed by atoms with E-state index in [1.54, 1.807) is 0 Å². The van der Waals surface area contributed by atoms with Gasteiger partial charge in [0.25, 0.3) is 0 Å². The van der Waals surface area contributed by atoms with Crippen molar-refractivity contribution in [3.63, 3.8) is 0 Å². The van der Waals surface area contributed by atoms with Crippen LogP contribution >= 0.6 is 0 Å². The van der Waals surface area contributed by atoms with Crippen molar-refractivity contribution in [2.75, 3.05) is 0 Å². The van der Waals surface area contributed by atoms with E-state index in [1.165, 1.54) is 308 Å². The van der Waals surface area contributed by atoms with Crippen molar-refractivity contribution in [2.45, 2.75) is 67.2 Å². The summed E-state index contributed by atoms with van der Waals surface area (Å²) in [6.45, 7) is 20.8. The molecule has 55 spiro atoms. The van der Waals surface area contributed by atoms with Crippen LogP contribution in [0.4, 0.5) is 0 Å². The van der Waals surface area contributed by atoms with Gasteiger partial charge in [0.2, 0.25) is 0 Å². The van der Waals surface area contributed by atoms with Crippen LogP contribution < -0.4 is 0 Å². The molecule has 85 aliphatic rings. The van der Waals surface area contributed by atoms with Crippen LogP contribution in [-0.4, -0.2) is 0 Å². The van der Waals surface area contributed by atoms with Crippen molar-refractivity contribution >= 4 is 0 Å². The molecule has 0 radical (unpaired) electrons. The summed E-state index contributed by atoms with van der Waals surface area (Å²) in [5.41, 5.74) is 63.4. The van der Waals surface area contributed by atoms with Gasteiger partial charge >= 0.3 is 0 Å². The van der Waals surface area contributed by atoms with Crippen molar-refractivity contribution < 1.29 is 0 Å². The maximum Gasteiger partial charge on any atom is -0.0000914 e. The highest BCUT2D eigenvalue weighted by molar-refractivity contribution is 6.78. The second kappa shape index (κ2) is 6.46. The number of fused-ring (bicyclic) bond motifs is 21. The molecule has 0 saturated heterocycles. The minimum absolute atomic E-state index is 0.725. The van der Waals surface area contributed by atoms with E-state index in [9.17, 15) is 0 Å². The van der Waals surface area contributed by atoms with Gasteiger partial charge in [0.1, 0.15) is 0 Å². The van der Waals surface area contributed by atoms with Gasteiger partial charge in [-0.05, 0) is 664 Å². The lowest BCUT2D eigenvalue weighted by atomic mass is 8.25. The maximum atomic E-state index is 3.57. The minimum Gasteiger partial charge on any atom is -0.0582 e. The summed E-state index contributed by atoms with van der Waals surface area (Å²) >= 11 is 0. The summed E-state index contributed by atoms with van der Waals surface area (Å²) in [6, 6.07) is 0. The molecule has 0 N–H and O–H groups in total. The maximum absolute atomic E-state index is 3.57.